The summed E-state index contributed by atoms with van der Waals surface area (Å²) in [7, 11) is 0. The first kappa shape index (κ1) is 16.2. The molecule has 0 heterocycles. The standard InChI is InChI=1S/C15H21BrFNO/c1-3-5-8-11(7-4-2)18-15(19)12-9-6-10-13(16)14(12)17/h6,9-11H,3-5,7-8H2,1-2H3,(H,18,19). The van der Waals surface area contributed by atoms with E-state index in [4.69, 9.17) is 0 Å². The molecular weight excluding hydrogens is 309 g/mol. The Labute approximate surface area is 122 Å². The maximum Gasteiger partial charge on any atom is 0.254 e. The summed E-state index contributed by atoms with van der Waals surface area (Å²) in [5.41, 5.74) is 0.104. The first-order chi connectivity index (χ1) is 9.10. The molecule has 0 aliphatic heterocycles. The highest BCUT2D eigenvalue weighted by molar-refractivity contribution is 9.10. The van der Waals surface area contributed by atoms with Crippen LogP contribution in [-0.2, 0) is 0 Å². The molecule has 1 N–H and O–H groups in total. The SMILES string of the molecule is CCCCC(CCC)NC(=O)c1cccc(Br)c1F. The van der Waals surface area contributed by atoms with Gasteiger partial charge in [0.25, 0.3) is 5.91 Å². The Balaban J connectivity index is 2.72. The van der Waals surface area contributed by atoms with Gasteiger partial charge >= 0.3 is 0 Å². The minimum Gasteiger partial charge on any atom is -0.349 e. The maximum atomic E-state index is 13.8. The summed E-state index contributed by atoms with van der Waals surface area (Å²) in [6, 6.07) is 4.91. The summed E-state index contributed by atoms with van der Waals surface area (Å²) in [6.07, 6.45) is 5.07. The first-order valence-electron chi connectivity index (χ1n) is 6.85. The van der Waals surface area contributed by atoms with Crippen molar-refractivity contribution < 1.29 is 9.18 Å². The van der Waals surface area contributed by atoms with Gasteiger partial charge in [0.15, 0.2) is 0 Å². The predicted molar refractivity (Wildman–Crippen MR) is 79.8 cm³/mol. The molecule has 4 heteroatoms. The normalized spacial score (nSPS) is 12.2. The highest BCUT2D eigenvalue weighted by atomic mass is 79.9. The van der Waals surface area contributed by atoms with E-state index in [1.165, 1.54) is 6.07 Å². The van der Waals surface area contributed by atoms with Crippen molar-refractivity contribution in [3.05, 3.63) is 34.1 Å². The van der Waals surface area contributed by atoms with Crippen molar-refractivity contribution in [1.82, 2.24) is 5.32 Å². The fourth-order valence-corrected chi connectivity index (χ4v) is 2.40. The van der Waals surface area contributed by atoms with Crippen molar-refractivity contribution in [2.45, 2.75) is 52.0 Å². The van der Waals surface area contributed by atoms with E-state index in [0.717, 1.165) is 32.1 Å². The predicted octanol–water partition coefficient (Wildman–Crippen LogP) is 4.68. The fourth-order valence-electron chi connectivity index (χ4n) is 2.03. The average Bonchev–Trinajstić information content (AvgIpc) is 2.39. The number of unbranched alkanes of at least 4 members (excludes halogenated alkanes) is 1. The number of halogens is 2. The third kappa shape index (κ3) is 4.94. The van der Waals surface area contributed by atoms with Crippen molar-refractivity contribution in [1.29, 1.82) is 0 Å². The van der Waals surface area contributed by atoms with E-state index in [-0.39, 0.29) is 17.5 Å². The number of carbonyl (C=O) groups is 1. The average molecular weight is 330 g/mol. The summed E-state index contributed by atoms with van der Waals surface area (Å²) in [4.78, 5) is 12.1. The second-order valence-corrected chi connectivity index (χ2v) is 5.56. The molecule has 0 radical (unpaired) electrons. The zero-order valence-corrected chi connectivity index (χ0v) is 13.1. The quantitative estimate of drug-likeness (QED) is 0.773. The zero-order chi connectivity index (χ0) is 14.3. The molecule has 1 aromatic rings. The molecule has 2 nitrogen and oxygen atoms in total. The smallest absolute Gasteiger partial charge is 0.254 e. The van der Waals surface area contributed by atoms with Gasteiger partial charge in [0, 0.05) is 6.04 Å². The van der Waals surface area contributed by atoms with Crippen LogP contribution in [-0.4, -0.2) is 11.9 Å². The second-order valence-electron chi connectivity index (χ2n) is 4.70. The Bertz CT molecular complexity index is 423. The van der Waals surface area contributed by atoms with Crippen LogP contribution in [0.1, 0.15) is 56.3 Å². The van der Waals surface area contributed by atoms with E-state index < -0.39 is 5.82 Å². The van der Waals surface area contributed by atoms with E-state index in [1.54, 1.807) is 12.1 Å². The molecule has 19 heavy (non-hydrogen) atoms. The second kappa shape index (κ2) is 8.31. The summed E-state index contributed by atoms with van der Waals surface area (Å²) in [5.74, 6) is -0.820. The third-order valence-corrected chi connectivity index (χ3v) is 3.69. The van der Waals surface area contributed by atoms with Crippen LogP contribution in [0.2, 0.25) is 0 Å². The fraction of sp³-hybridized carbons (Fsp3) is 0.533. The van der Waals surface area contributed by atoms with Crippen LogP contribution in [0, 0.1) is 5.82 Å². The number of hydrogen-bond acceptors (Lipinski definition) is 1. The molecule has 1 amide bonds. The van der Waals surface area contributed by atoms with Crippen LogP contribution >= 0.6 is 15.9 Å². The minimum atomic E-state index is -0.495. The lowest BCUT2D eigenvalue weighted by atomic mass is 10.0. The Kier molecular flexibility index (Phi) is 7.06. The van der Waals surface area contributed by atoms with Crippen molar-refractivity contribution in [3.63, 3.8) is 0 Å². The van der Waals surface area contributed by atoms with Gasteiger partial charge in [-0.1, -0.05) is 39.2 Å². The van der Waals surface area contributed by atoms with Crippen molar-refractivity contribution >= 4 is 21.8 Å². The van der Waals surface area contributed by atoms with E-state index in [1.807, 2.05) is 0 Å². The number of nitrogens with one attached hydrogen (secondary N) is 1. The van der Waals surface area contributed by atoms with E-state index >= 15 is 0 Å². The van der Waals surface area contributed by atoms with Gasteiger partial charge in [-0.05, 0) is 40.9 Å². The molecule has 1 atom stereocenters. The van der Waals surface area contributed by atoms with Gasteiger partial charge in [-0.25, -0.2) is 4.39 Å². The Hall–Kier alpha value is -0.900. The zero-order valence-electron chi connectivity index (χ0n) is 11.5. The summed E-state index contributed by atoms with van der Waals surface area (Å²) >= 11 is 3.10. The van der Waals surface area contributed by atoms with Crippen LogP contribution in [0.25, 0.3) is 0 Å². The minimum absolute atomic E-state index is 0.104. The number of benzene rings is 1. The largest absolute Gasteiger partial charge is 0.349 e. The third-order valence-electron chi connectivity index (χ3n) is 3.07. The molecule has 0 aliphatic rings. The molecule has 1 rings (SSSR count). The van der Waals surface area contributed by atoms with Gasteiger partial charge in [0.05, 0.1) is 10.0 Å². The van der Waals surface area contributed by atoms with Gasteiger partial charge in [-0.15, -0.1) is 0 Å². The molecule has 1 unspecified atom stereocenters. The van der Waals surface area contributed by atoms with Crippen molar-refractivity contribution in [3.8, 4) is 0 Å². The van der Waals surface area contributed by atoms with Gasteiger partial charge in [0.1, 0.15) is 5.82 Å². The van der Waals surface area contributed by atoms with Crippen LogP contribution < -0.4 is 5.32 Å². The Morgan fingerprint density at radius 1 is 1.32 bits per heavy atom. The Morgan fingerprint density at radius 2 is 2.05 bits per heavy atom. The molecule has 0 bridgehead atoms. The van der Waals surface area contributed by atoms with E-state index in [0.29, 0.717) is 4.47 Å². The van der Waals surface area contributed by atoms with Gasteiger partial charge < -0.3 is 5.32 Å². The highest BCUT2D eigenvalue weighted by Gasteiger charge is 2.17. The number of amides is 1. The molecule has 0 saturated carbocycles. The van der Waals surface area contributed by atoms with Crippen LogP contribution in [0.3, 0.4) is 0 Å². The van der Waals surface area contributed by atoms with Gasteiger partial charge in [0.2, 0.25) is 0 Å². The van der Waals surface area contributed by atoms with E-state index in [2.05, 4.69) is 35.1 Å². The lowest BCUT2D eigenvalue weighted by Crippen LogP contribution is -2.35. The highest BCUT2D eigenvalue weighted by Crippen LogP contribution is 2.19. The van der Waals surface area contributed by atoms with Gasteiger partial charge in [-0.2, -0.15) is 0 Å². The van der Waals surface area contributed by atoms with Crippen LogP contribution in [0.15, 0.2) is 22.7 Å². The molecular formula is C15H21BrFNO. The van der Waals surface area contributed by atoms with Gasteiger partial charge in [-0.3, -0.25) is 4.79 Å². The molecule has 0 aromatic heterocycles. The molecule has 106 valence electrons. The molecule has 0 fully saturated rings. The number of rotatable bonds is 7. The molecule has 0 aliphatic carbocycles. The molecule has 1 aromatic carbocycles. The lowest BCUT2D eigenvalue weighted by Gasteiger charge is -2.18. The number of hydrogen-bond donors (Lipinski definition) is 1. The first-order valence-corrected chi connectivity index (χ1v) is 7.64. The maximum absolute atomic E-state index is 13.8. The van der Waals surface area contributed by atoms with Crippen LogP contribution in [0.4, 0.5) is 4.39 Å². The molecule has 0 spiro atoms. The lowest BCUT2D eigenvalue weighted by molar-refractivity contribution is 0.0928. The summed E-state index contributed by atoms with van der Waals surface area (Å²) < 4.78 is 14.2. The van der Waals surface area contributed by atoms with Crippen molar-refractivity contribution in [2.75, 3.05) is 0 Å². The Morgan fingerprint density at radius 3 is 2.68 bits per heavy atom. The van der Waals surface area contributed by atoms with E-state index in [9.17, 15) is 9.18 Å². The molecule has 0 saturated heterocycles. The number of carbonyl (C=O) groups excluding carboxylic acids is 1. The topological polar surface area (TPSA) is 29.1 Å². The summed E-state index contributed by atoms with van der Waals surface area (Å²) in [6.45, 7) is 4.21. The monoisotopic (exact) mass is 329 g/mol. The van der Waals surface area contributed by atoms with Crippen LogP contribution in [0.5, 0.6) is 0 Å². The van der Waals surface area contributed by atoms with Crippen molar-refractivity contribution in [2.24, 2.45) is 0 Å². The summed E-state index contributed by atoms with van der Waals surface area (Å²) in [5, 5.41) is 2.94.